The zero-order chi connectivity index (χ0) is 12.8. The standard InChI is InChI=1S/C17H25N/c1-16(2,3)14-4-5-15-13(12-14)6-7-17(15)8-10-18-11-9-17/h4-5,12,18H,6-11H2,1-3H3. The highest BCUT2D eigenvalue weighted by molar-refractivity contribution is 5.44. The molecule has 0 radical (unpaired) electrons. The summed E-state index contributed by atoms with van der Waals surface area (Å²) in [5.74, 6) is 0. The third-order valence-electron chi connectivity index (χ3n) is 4.98. The van der Waals surface area contributed by atoms with Crippen molar-refractivity contribution >= 4 is 0 Å². The Balaban J connectivity index is 1.98. The molecule has 1 N–H and O–H groups in total. The van der Waals surface area contributed by atoms with Gasteiger partial charge in [0.25, 0.3) is 0 Å². The van der Waals surface area contributed by atoms with Crippen molar-refractivity contribution in [3.8, 4) is 0 Å². The SMILES string of the molecule is CC(C)(C)c1ccc2c(c1)CCC21CCNCC1. The first-order valence-electron chi connectivity index (χ1n) is 7.36. The average molecular weight is 243 g/mol. The summed E-state index contributed by atoms with van der Waals surface area (Å²) in [5.41, 5.74) is 5.57. The average Bonchev–Trinajstić information content (AvgIpc) is 2.68. The molecule has 0 atom stereocenters. The molecule has 18 heavy (non-hydrogen) atoms. The highest BCUT2D eigenvalue weighted by Gasteiger charge is 2.39. The Morgan fingerprint density at radius 3 is 2.44 bits per heavy atom. The van der Waals surface area contributed by atoms with Gasteiger partial charge in [-0.25, -0.2) is 0 Å². The topological polar surface area (TPSA) is 12.0 Å². The van der Waals surface area contributed by atoms with E-state index in [1.165, 1.54) is 44.3 Å². The van der Waals surface area contributed by atoms with Crippen LogP contribution in [-0.4, -0.2) is 13.1 Å². The number of aryl methyl sites for hydroxylation is 1. The first-order chi connectivity index (χ1) is 8.51. The second kappa shape index (κ2) is 4.09. The van der Waals surface area contributed by atoms with E-state index in [0.29, 0.717) is 5.41 Å². The van der Waals surface area contributed by atoms with Crippen molar-refractivity contribution in [3.05, 3.63) is 34.9 Å². The van der Waals surface area contributed by atoms with Gasteiger partial charge in [-0.2, -0.15) is 0 Å². The van der Waals surface area contributed by atoms with Gasteiger partial charge in [-0.3, -0.25) is 0 Å². The number of rotatable bonds is 0. The molecule has 1 heterocycles. The fourth-order valence-corrected chi connectivity index (χ4v) is 3.72. The van der Waals surface area contributed by atoms with E-state index in [2.05, 4.69) is 44.3 Å². The van der Waals surface area contributed by atoms with Crippen LogP contribution in [0.3, 0.4) is 0 Å². The van der Waals surface area contributed by atoms with Gasteiger partial charge in [-0.15, -0.1) is 0 Å². The predicted octanol–water partition coefficient (Wildman–Crippen LogP) is 3.55. The Morgan fingerprint density at radius 2 is 1.78 bits per heavy atom. The van der Waals surface area contributed by atoms with Crippen molar-refractivity contribution < 1.29 is 0 Å². The largest absolute Gasteiger partial charge is 0.317 e. The van der Waals surface area contributed by atoms with Crippen molar-refractivity contribution in [2.24, 2.45) is 0 Å². The van der Waals surface area contributed by atoms with Gasteiger partial charge in [0.1, 0.15) is 0 Å². The minimum absolute atomic E-state index is 0.277. The monoisotopic (exact) mass is 243 g/mol. The van der Waals surface area contributed by atoms with E-state index in [-0.39, 0.29) is 5.41 Å². The summed E-state index contributed by atoms with van der Waals surface area (Å²) in [4.78, 5) is 0. The molecule has 1 nitrogen and oxygen atoms in total. The Hall–Kier alpha value is -0.820. The van der Waals surface area contributed by atoms with Crippen molar-refractivity contribution in [2.45, 2.75) is 57.3 Å². The van der Waals surface area contributed by atoms with Gasteiger partial charge >= 0.3 is 0 Å². The number of piperidine rings is 1. The second-order valence-electron chi connectivity index (χ2n) is 7.15. The Morgan fingerprint density at radius 1 is 1.06 bits per heavy atom. The van der Waals surface area contributed by atoms with Crippen LogP contribution in [0.25, 0.3) is 0 Å². The van der Waals surface area contributed by atoms with Crippen molar-refractivity contribution in [1.29, 1.82) is 0 Å². The van der Waals surface area contributed by atoms with Crippen molar-refractivity contribution in [1.82, 2.24) is 5.32 Å². The summed E-state index contributed by atoms with van der Waals surface area (Å²) in [6.45, 7) is 9.32. The van der Waals surface area contributed by atoms with Gasteiger partial charge in [-0.05, 0) is 66.3 Å². The van der Waals surface area contributed by atoms with Crippen LogP contribution in [0, 0.1) is 0 Å². The normalized spacial score (nSPS) is 22.2. The lowest BCUT2D eigenvalue weighted by Gasteiger charge is -2.35. The van der Waals surface area contributed by atoms with Crippen LogP contribution in [0.2, 0.25) is 0 Å². The molecule has 2 aliphatic rings. The van der Waals surface area contributed by atoms with Crippen molar-refractivity contribution in [3.63, 3.8) is 0 Å². The van der Waals surface area contributed by atoms with Crippen LogP contribution in [0.4, 0.5) is 0 Å². The summed E-state index contributed by atoms with van der Waals surface area (Å²) in [5, 5.41) is 3.50. The molecule has 98 valence electrons. The summed E-state index contributed by atoms with van der Waals surface area (Å²) in [7, 11) is 0. The smallest absolute Gasteiger partial charge is 0.00170 e. The maximum atomic E-state index is 3.50. The maximum Gasteiger partial charge on any atom is -0.00170 e. The molecular weight excluding hydrogens is 218 g/mol. The number of nitrogens with one attached hydrogen (secondary N) is 1. The fraction of sp³-hybridized carbons (Fsp3) is 0.647. The van der Waals surface area contributed by atoms with Crippen LogP contribution in [0.15, 0.2) is 18.2 Å². The van der Waals surface area contributed by atoms with Crippen LogP contribution >= 0.6 is 0 Å². The molecule has 1 aliphatic heterocycles. The fourth-order valence-electron chi connectivity index (χ4n) is 3.72. The molecule has 3 rings (SSSR count). The van der Waals surface area contributed by atoms with E-state index >= 15 is 0 Å². The van der Waals surface area contributed by atoms with E-state index in [9.17, 15) is 0 Å². The first-order valence-corrected chi connectivity index (χ1v) is 7.36. The van der Waals surface area contributed by atoms with E-state index in [4.69, 9.17) is 0 Å². The maximum absolute atomic E-state index is 3.50. The number of fused-ring (bicyclic) bond motifs is 2. The Labute approximate surface area is 111 Å². The Bertz CT molecular complexity index is 447. The second-order valence-corrected chi connectivity index (χ2v) is 7.15. The molecule has 1 saturated heterocycles. The lowest BCUT2D eigenvalue weighted by Crippen LogP contribution is -2.38. The highest BCUT2D eigenvalue weighted by Crippen LogP contribution is 2.45. The highest BCUT2D eigenvalue weighted by atomic mass is 14.9. The molecule has 0 saturated carbocycles. The van der Waals surface area contributed by atoms with Crippen LogP contribution in [0.5, 0.6) is 0 Å². The summed E-state index contributed by atoms with van der Waals surface area (Å²) >= 11 is 0. The zero-order valence-electron chi connectivity index (χ0n) is 12.0. The molecule has 1 fully saturated rings. The van der Waals surface area contributed by atoms with Gasteiger partial charge in [-0.1, -0.05) is 39.0 Å². The molecule has 1 aliphatic carbocycles. The van der Waals surface area contributed by atoms with Crippen LogP contribution in [0.1, 0.15) is 56.7 Å². The molecule has 0 bridgehead atoms. The molecule has 1 heteroatoms. The van der Waals surface area contributed by atoms with Gasteiger partial charge in [0.15, 0.2) is 0 Å². The summed E-state index contributed by atoms with van der Waals surface area (Å²) < 4.78 is 0. The van der Waals surface area contributed by atoms with E-state index in [1.807, 2.05) is 0 Å². The van der Waals surface area contributed by atoms with E-state index < -0.39 is 0 Å². The Kier molecular flexibility index (Phi) is 2.78. The predicted molar refractivity (Wildman–Crippen MR) is 77.2 cm³/mol. The first kappa shape index (κ1) is 12.2. The van der Waals surface area contributed by atoms with Gasteiger partial charge in [0, 0.05) is 0 Å². The number of benzene rings is 1. The van der Waals surface area contributed by atoms with E-state index in [0.717, 1.165) is 0 Å². The molecule has 1 aromatic carbocycles. The quantitative estimate of drug-likeness (QED) is 0.735. The molecule has 0 unspecified atom stereocenters. The van der Waals surface area contributed by atoms with Gasteiger partial charge < -0.3 is 5.32 Å². The molecule has 1 aromatic rings. The molecular formula is C17H25N. The molecule has 1 spiro atoms. The molecule has 0 amide bonds. The van der Waals surface area contributed by atoms with Crippen LogP contribution < -0.4 is 5.32 Å². The summed E-state index contributed by atoms with van der Waals surface area (Å²) in [6.07, 6.45) is 5.32. The number of hydrogen-bond acceptors (Lipinski definition) is 1. The minimum atomic E-state index is 0.277. The van der Waals surface area contributed by atoms with Gasteiger partial charge in [0.05, 0.1) is 0 Å². The van der Waals surface area contributed by atoms with Gasteiger partial charge in [0.2, 0.25) is 0 Å². The molecule has 0 aromatic heterocycles. The lowest BCUT2D eigenvalue weighted by molar-refractivity contribution is 0.306. The number of hydrogen-bond donors (Lipinski definition) is 1. The minimum Gasteiger partial charge on any atom is -0.317 e. The van der Waals surface area contributed by atoms with Crippen LogP contribution in [-0.2, 0) is 17.3 Å². The third-order valence-corrected chi connectivity index (χ3v) is 4.98. The zero-order valence-corrected chi connectivity index (χ0v) is 12.0. The third kappa shape index (κ3) is 1.89. The van der Waals surface area contributed by atoms with Crippen molar-refractivity contribution in [2.75, 3.05) is 13.1 Å². The van der Waals surface area contributed by atoms with E-state index in [1.54, 1.807) is 11.1 Å². The summed E-state index contributed by atoms with van der Waals surface area (Å²) in [6, 6.07) is 7.29. The lowest BCUT2D eigenvalue weighted by atomic mass is 9.73.